The first-order valence-electron chi connectivity index (χ1n) is 9.37. The van der Waals surface area contributed by atoms with Crippen LogP contribution >= 0.6 is 0 Å². The number of hydrogen-bond acceptors (Lipinski definition) is 5. The van der Waals surface area contributed by atoms with Crippen LogP contribution in [0.1, 0.15) is 18.3 Å². The summed E-state index contributed by atoms with van der Waals surface area (Å²) in [6, 6.07) is 9.50. The quantitative estimate of drug-likeness (QED) is 0.449. The van der Waals surface area contributed by atoms with Crippen molar-refractivity contribution in [3.05, 3.63) is 66.1 Å². The normalized spacial score (nSPS) is 11.3. The summed E-state index contributed by atoms with van der Waals surface area (Å²) in [5.41, 5.74) is 0.978. The molecule has 0 aliphatic carbocycles. The average Bonchev–Trinajstić information content (AvgIpc) is 3.21. The minimum atomic E-state index is -0.304. The lowest BCUT2D eigenvalue weighted by atomic mass is 10.3. The lowest BCUT2D eigenvalue weighted by molar-refractivity contribution is 0.461. The van der Waals surface area contributed by atoms with E-state index in [1.54, 1.807) is 37.8 Å². The highest BCUT2D eigenvalue weighted by molar-refractivity contribution is 5.79. The molecular weight excluding hydrogens is 373 g/mol. The number of ether oxygens (including phenoxy) is 1. The summed E-state index contributed by atoms with van der Waals surface area (Å²) in [6.07, 6.45) is 4.31. The second-order valence-corrected chi connectivity index (χ2v) is 6.21. The molecule has 0 saturated carbocycles. The van der Waals surface area contributed by atoms with Gasteiger partial charge in [0.15, 0.2) is 5.96 Å². The lowest BCUT2D eigenvalue weighted by Gasteiger charge is -2.13. The topological polar surface area (TPSA) is 89.2 Å². The van der Waals surface area contributed by atoms with Gasteiger partial charge in [-0.15, -0.1) is 10.2 Å². The summed E-state index contributed by atoms with van der Waals surface area (Å²) in [6.45, 7) is 4.08. The van der Waals surface area contributed by atoms with Crippen LogP contribution in [0.4, 0.5) is 4.39 Å². The maximum absolute atomic E-state index is 12.9. The number of halogens is 1. The average molecular weight is 397 g/mol. The number of aromatic nitrogens is 4. The molecule has 1 aromatic carbocycles. The molecule has 0 radical (unpaired) electrons. The van der Waals surface area contributed by atoms with E-state index in [1.807, 2.05) is 10.6 Å². The van der Waals surface area contributed by atoms with E-state index < -0.39 is 0 Å². The van der Waals surface area contributed by atoms with E-state index in [1.165, 1.54) is 12.1 Å². The van der Waals surface area contributed by atoms with Crippen LogP contribution in [0.3, 0.4) is 0 Å². The van der Waals surface area contributed by atoms with E-state index in [0.717, 1.165) is 24.4 Å². The number of nitrogens with one attached hydrogen (secondary N) is 2. The molecule has 3 rings (SSSR count). The molecule has 2 N–H and O–H groups in total. The fourth-order valence-electron chi connectivity index (χ4n) is 2.64. The Labute approximate surface area is 168 Å². The maximum Gasteiger partial charge on any atom is 0.219 e. The Kier molecular flexibility index (Phi) is 7.10. The van der Waals surface area contributed by atoms with E-state index in [4.69, 9.17) is 4.74 Å². The molecule has 0 aliphatic rings. The molecule has 0 atom stereocenters. The van der Waals surface area contributed by atoms with Crippen molar-refractivity contribution in [2.45, 2.75) is 26.4 Å². The predicted molar refractivity (Wildman–Crippen MR) is 108 cm³/mol. The molecule has 9 heteroatoms. The Morgan fingerprint density at radius 2 is 2.00 bits per heavy atom. The monoisotopic (exact) mass is 397 g/mol. The molecule has 0 amide bonds. The molecule has 0 aliphatic heterocycles. The summed E-state index contributed by atoms with van der Waals surface area (Å²) in [5, 5.41) is 14.5. The zero-order valence-electron chi connectivity index (χ0n) is 16.5. The highest BCUT2D eigenvalue weighted by atomic mass is 19.1. The minimum absolute atomic E-state index is 0.304. The van der Waals surface area contributed by atoms with Gasteiger partial charge in [0, 0.05) is 45.4 Å². The van der Waals surface area contributed by atoms with E-state index in [-0.39, 0.29) is 5.82 Å². The van der Waals surface area contributed by atoms with Crippen LogP contribution in [0.5, 0.6) is 11.6 Å². The molecule has 3 aromatic rings. The summed E-state index contributed by atoms with van der Waals surface area (Å²) in [7, 11) is 1.73. The largest absolute Gasteiger partial charge is 0.439 e. The molecule has 0 fully saturated rings. The number of guanidine groups is 1. The third kappa shape index (κ3) is 6.00. The van der Waals surface area contributed by atoms with Gasteiger partial charge in [-0.1, -0.05) is 13.0 Å². The van der Waals surface area contributed by atoms with Gasteiger partial charge in [-0.05, 0) is 29.8 Å². The summed E-state index contributed by atoms with van der Waals surface area (Å²) < 4.78 is 20.6. The van der Waals surface area contributed by atoms with Crippen LogP contribution in [0, 0.1) is 5.82 Å². The minimum Gasteiger partial charge on any atom is -0.439 e. The third-order valence-electron chi connectivity index (χ3n) is 4.17. The highest BCUT2D eigenvalue weighted by Crippen LogP contribution is 2.19. The van der Waals surface area contributed by atoms with Crippen LogP contribution in [0.15, 0.2) is 53.9 Å². The molecule has 0 spiro atoms. The van der Waals surface area contributed by atoms with Crippen molar-refractivity contribution >= 4 is 5.96 Å². The SMILES string of the molecule is CCc1nncn1CCNC(=NC)NCc1ccc(Oc2ccc(F)cc2)nc1. The number of aryl methyl sites for hydroxylation is 1. The van der Waals surface area contributed by atoms with Crippen LogP contribution in [-0.2, 0) is 19.5 Å². The van der Waals surface area contributed by atoms with Gasteiger partial charge >= 0.3 is 0 Å². The predicted octanol–water partition coefficient (Wildman–Crippen LogP) is 2.53. The van der Waals surface area contributed by atoms with Crippen molar-refractivity contribution in [3.63, 3.8) is 0 Å². The fraction of sp³-hybridized carbons (Fsp3) is 0.300. The summed E-state index contributed by atoms with van der Waals surface area (Å²) in [5.74, 6) is 2.34. The van der Waals surface area contributed by atoms with Crippen molar-refractivity contribution in [1.82, 2.24) is 30.4 Å². The van der Waals surface area contributed by atoms with Crippen LogP contribution in [-0.4, -0.2) is 39.3 Å². The van der Waals surface area contributed by atoms with E-state index in [9.17, 15) is 4.39 Å². The van der Waals surface area contributed by atoms with Gasteiger partial charge in [0.1, 0.15) is 23.7 Å². The Balaban J connectivity index is 1.45. The van der Waals surface area contributed by atoms with Crippen molar-refractivity contribution in [2.24, 2.45) is 4.99 Å². The van der Waals surface area contributed by atoms with Crippen molar-refractivity contribution in [3.8, 4) is 11.6 Å². The number of pyridine rings is 1. The Bertz CT molecular complexity index is 923. The highest BCUT2D eigenvalue weighted by Gasteiger charge is 2.04. The van der Waals surface area contributed by atoms with Gasteiger partial charge in [0.2, 0.25) is 5.88 Å². The van der Waals surface area contributed by atoms with Crippen molar-refractivity contribution in [1.29, 1.82) is 0 Å². The maximum atomic E-state index is 12.9. The Hall–Kier alpha value is -3.49. The molecule has 0 saturated heterocycles. The Morgan fingerprint density at radius 1 is 1.17 bits per heavy atom. The van der Waals surface area contributed by atoms with Gasteiger partial charge < -0.3 is 19.9 Å². The van der Waals surface area contributed by atoms with E-state index in [0.29, 0.717) is 30.7 Å². The zero-order chi connectivity index (χ0) is 20.5. The lowest BCUT2D eigenvalue weighted by Crippen LogP contribution is -2.38. The smallest absolute Gasteiger partial charge is 0.219 e. The van der Waals surface area contributed by atoms with E-state index >= 15 is 0 Å². The first-order chi connectivity index (χ1) is 14.2. The number of nitrogens with zero attached hydrogens (tertiary/aromatic N) is 5. The third-order valence-corrected chi connectivity index (χ3v) is 4.17. The van der Waals surface area contributed by atoms with Crippen molar-refractivity contribution in [2.75, 3.05) is 13.6 Å². The number of aliphatic imine (C=N–C) groups is 1. The molecule has 29 heavy (non-hydrogen) atoms. The molecule has 0 unspecified atom stereocenters. The molecule has 0 bridgehead atoms. The molecule has 2 heterocycles. The number of benzene rings is 1. The number of hydrogen-bond donors (Lipinski definition) is 2. The number of rotatable bonds is 8. The molecule has 8 nitrogen and oxygen atoms in total. The van der Waals surface area contributed by atoms with Crippen LogP contribution < -0.4 is 15.4 Å². The van der Waals surface area contributed by atoms with Crippen LogP contribution in [0.25, 0.3) is 0 Å². The zero-order valence-corrected chi connectivity index (χ0v) is 16.5. The first-order valence-corrected chi connectivity index (χ1v) is 9.37. The standard InChI is InChI=1S/C20H24FN7O/c1-3-18-27-26-14-28(18)11-10-23-20(22-2)25-13-15-4-9-19(24-12-15)29-17-7-5-16(21)6-8-17/h4-9,12,14H,3,10-11,13H2,1-2H3,(H2,22,23,25). The summed E-state index contributed by atoms with van der Waals surface area (Å²) in [4.78, 5) is 8.50. The molecule has 2 aromatic heterocycles. The van der Waals surface area contributed by atoms with Gasteiger partial charge in [-0.2, -0.15) is 0 Å². The van der Waals surface area contributed by atoms with Gasteiger partial charge in [0.25, 0.3) is 0 Å². The van der Waals surface area contributed by atoms with Gasteiger partial charge in [-0.25, -0.2) is 9.37 Å². The van der Waals surface area contributed by atoms with Crippen molar-refractivity contribution < 1.29 is 9.13 Å². The second kappa shape index (κ2) is 10.2. The fourth-order valence-corrected chi connectivity index (χ4v) is 2.64. The summed E-state index contributed by atoms with van der Waals surface area (Å²) >= 11 is 0. The second-order valence-electron chi connectivity index (χ2n) is 6.21. The van der Waals surface area contributed by atoms with Gasteiger partial charge in [0.05, 0.1) is 0 Å². The van der Waals surface area contributed by atoms with Gasteiger partial charge in [-0.3, -0.25) is 4.99 Å². The molecule has 152 valence electrons. The van der Waals surface area contributed by atoms with Crippen LogP contribution in [0.2, 0.25) is 0 Å². The van der Waals surface area contributed by atoms with E-state index in [2.05, 4.69) is 37.7 Å². The Morgan fingerprint density at radius 3 is 2.69 bits per heavy atom. The molecular formula is C20H24FN7O. The first kappa shape index (κ1) is 20.2.